The van der Waals surface area contributed by atoms with Crippen molar-refractivity contribution >= 4 is 10.0 Å². The van der Waals surface area contributed by atoms with Crippen molar-refractivity contribution in [1.82, 2.24) is 4.31 Å². The average molecular weight is 289 g/mol. The quantitative estimate of drug-likeness (QED) is 0.843. The minimum atomic E-state index is -3.65. The maximum atomic E-state index is 12.4. The number of likely N-dealkylation sites (N-methyl/N-ethyl adjacent to an activating group) is 1. The highest BCUT2D eigenvalue weighted by Gasteiger charge is 2.30. The smallest absolute Gasteiger partial charge is 0.276 e. The topological polar surface area (TPSA) is 80.0 Å². The van der Waals surface area contributed by atoms with Crippen molar-refractivity contribution in [2.24, 2.45) is 0 Å². The lowest BCUT2D eigenvalue weighted by molar-refractivity contribution is 0.0942. The standard InChI is InChI=1S/C12H19NO5S/c1-2-13(8-10-4-3-7-17-10)19(15,16)12-6-5-11(9-14)18-12/h5-6,10,14H,2-4,7-9H2,1H3. The zero-order chi connectivity index (χ0) is 13.9. The van der Waals surface area contributed by atoms with Crippen LogP contribution in [0.5, 0.6) is 0 Å². The Morgan fingerprint density at radius 3 is 2.79 bits per heavy atom. The summed E-state index contributed by atoms with van der Waals surface area (Å²) >= 11 is 0. The van der Waals surface area contributed by atoms with E-state index in [1.165, 1.54) is 16.4 Å². The number of ether oxygens (including phenoxy) is 1. The molecule has 0 radical (unpaired) electrons. The van der Waals surface area contributed by atoms with E-state index < -0.39 is 10.0 Å². The number of nitrogens with zero attached hydrogens (tertiary/aromatic N) is 1. The predicted octanol–water partition coefficient (Wildman–Crippen LogP) is 0.962. The molecule has 2 heterocycles. The SMILES string of the molecule is CCN(CC1CCCO1)S(=O)(=O)c1ccc(CO)o1. The Morgan fingerprint density at radius 2 is 2.26 bits per heavy atom. The van der Waals surface area contributed by atoms with Gasteiger partial charge in [0.25, 0.3) is 10.0 Å². The molecule has 1 N–H and O–H groups in total. The van der Waals surface area contributed by atoms with Gasteiger partial charge in [-0.05, 0) is 25.0 Å². The van der Waals surface area contributed by atoms with Gasteiger partial charge in [0.1, 0.15) is 12.4 Å². The van der Waals surface area contributed by atoms with Crippen molar-refractivity contribution < 1.29 is 22.7 Å². The summed E-state index contributed by atoms with van der Waals surface area (Å²) in [4.78, 5) is 0. The van der Waals surface area contributed by atoms with Crippen LogP contribution in [0.2, 0.25) is 0 Å². The minimum absolute atomic E-state index is 0.0398. The third-order valence-electron chi connectivity index (χ3n) is 3.17. The third-order valence-corrected chi connectivity index (χ3v) is 4.99. The molecule has 6 nitrogen and oxygen atoms in total. The lowest BCUT2D eigenvalue weighted by atomic mass is 10.2. The van der Waals surface area contributed by atoms with Crippen LogP contribution in [0.1, 0.15) is 25.5 Å². The Balaban J connectivity index is 2.15. The molecule has 7 heteroatoms. The second-order valence-corrected chi connectivity index (χ2v) is 6.34. The van der Waals surface area contributed by atoms with Crippen LogP contribution in [-0.4, -0.2) is 43.6 Å². The molecule has 1 unspecified atom stereocenters. The molecule has 0 spiro atoms. The van der Waals surface area contributed by atoms with Crippen molar-refractivity contribution in [2.75, 3.05) is 19.7 Å². The summed E-state index contributed by atoms with van der Waals surface area (Å²) in [6, 6.07) is 2.84. The van der Waals surface area contributed by atoms with Gasteiger partial charge in [-0.2, -0.15) is 4.31 Å². The molecule has 0 aromatic carbocycles. The maximum absolute atomic E-state index is 12.4. The fraction of sp³-hybridized carbons (Fsp3) is 0.667. The number of rotatable bonds is 6. The molecule has 1 atom stereocenters. The molecule has 2 rings (SSSR count). The van der Waals surface area contributed by atoms with Crippen molar-refractivity contribution in [3.63, 3.8) is 0 Å². The zero-order valence-corrected chi connectivity index (χ0v) is 11.7. The summed E-state index contributed by atoms with van der Waals surface area (Å²) in [7, 11) is -3.65. The Labute approximate surface area is 113 Å². The van der Waals surface area contributed by atoms with Crippen LogP contribution in [0.3, 0.4) is 0 Å². The number of sulfonamides is 1. The van der Waals surface area contributed by atoms with E-state index in [2.05, 4.69) is 0 Å². The minimum Gasteiger partial charge on any atom is -0.446 e. The number of aliphatic hydroxyl groups excluding tert-OH is 1. The Bertz CT molecular complexity index is 504. The molecule has 1 aliphatic heterocycles. The summed E-state index contributed by atoms with van der Waals surface area (Å²) in [5.74, 6) is 0.242. The van der Waals surface area contributed by atoms with Crippen LogP contribution in [0.15, 0.2) is 21.6 Å². The first-order chi connectivity index (χ1) is 9.07. The molecule has 19 heavy (non-hydrogen) atoms. The Hall–Kier alpha value is -0.890. The molecular weight excluding hydrogens is 270 g/mol. The van der Waals surface area contributed by atoms with E-state index in [1.54, 1.807) is 6.92 Å². The van der Waals surface area contributed by atoms with Gasteiger partial charge in [-0.15, -0.1) is 0 Å². The maximum Gasteiger partial charge on any atom is 0.276 e. The molecule has 108 valence electrons. The van der Waals surface area contributed by atoms with Crippen molar-refractivity contribution in [2.45, 2.75) is 37.6 Å². The van der Waals surface area contributed by atoms with E-state index in [4.69, 9.17) is 14.3 Å². The zero-order valence-electron chi connectivity index (χ0n) is 10.9. The summed E-state index contributed by atoms with van der Waals surface area (Å²) in [6.07, 6.45) is 1.81. The van der Waals surface area contributed by atoms with Crippen molar-refractivity contribution in [1.29, 1.82) is 0 Å². The first-order valence-corrected chi connectivity index (χ1v) is 7.83. The molecule has 1 saturated heterocycles. The van der Waals surface area contributed by atoms with Gasteiger partial charge >= 0.3 is 0 Å². The van der Waals surface area contributed by atoms with E-state index in [-0.39, 0.29) is 23.6 Å². The third kappa shape index (κ3) is 3.17. The number of hydrogen-bond donors (Lipinski definition) is 1. The second-order valence-electron chi connectivity index (χ2n) is 4.47. The molecule has 0 bridgehead atoms. The lowest BCUT2D eigenvalue weighted by Gasteiger charge is -2.22. The Kier molecular flexibility index (Phi) is 4.62. The largest absolute Gasteiger partial charge is 0.446 e. The normalized spacial score (nSPS) is 20.3. The van der Waals surface area contributed by atoms with Crippen LogP contribution < -0.4 is 0 Å². The van der Waals surface area contributed by atoms with E-state index in [0.29, 0.717) is 19.7 Å². The van der Waals surface area contributed by atoms with E-state index in [1.807, 2.05) is 0 Å². The summed E-state index contributed by atoms with van der Waals surface area (Å²) in [5.41, 5.74) is 0. The summed E-state index contributed by atoms with van der Waals surface area (Å²) < 4.78 is 36.7. The van der Waals surface area contributed by atoms with Crippen LogP contribution in [0.25, 0.3) is 0 Å². The first-order valence-electron chi connectivity index (χ1n) is 6.39. The molecular formula is C12H19NO5S. The van der Waals surface area contributed by atoms with Gasteiger partial charge in [0, 0.05) is 19.7 Å². The number of hydrogen-bond acceptors (Lipinski definition) is 5. The second kappa shape index (κ2) is 6.04. The molecule has 1 aromatic heterocycles. The van der Waals surface area contributed by atoms with Crippen LogP contribution in [0.4, 0.5) is 0 Å². The summed E-state index contributed by atoms with van der Waals surface area (Å²) in [5, 5.41) is 8.79. The van der Waals surface area contributed by atoms with Gasteiger partial charge < -0.3 is 14.3 Å². The van der Waals surface area contributed by atoms with Gasteiger partial charge in [-0.3, -0.25) is 0 Å². The highest BCUT2D eigenvalue weighted by Crippen LogP contribution is 2.21. The number of furan rings is 1. The van der Waals surface area contributed by atoms with Gasteiger partial charge in [0.15, 0.2) is 0 Å². The molecule has 0 aliphatic carbocycles. The fourth-order valence-electron chi connectivity index (χ4n) is 2.12. The highest BCUT2D eigenvalue weighted by atomic mass is 32.2. The van der Waals surface area contributed by atoms with Crippen LogP contribution >= 0.6 is 0 Å². The van der Waals surface area contributed by atoms with Gasteiger partial charge in [-0.25, -0.2) is 8.42 Å². The van der Waals surface area contributed by atoms with E-state index in [0.717, 1.165) is 12.8 Å². The lowest BCUT2D eigenvalue weighted by Crippen LogP contribution is -2.37. The molecule has 1 fully saturated rings. The predicted molar refractivity (Wildman–Crippen MR) is 68.0 cm³/mol. The van der Waals surface area contributed by atoms with Crippen LogP contribution in [0, 0.1) is 0 Å². The van der Waals surface area contributed by atoms with Gasteiger partial charge in [0.2, 0.25) is 5.09 Å². The summed E-state index contributed by atoms with van der Waals surface area (Å²) in [6.45, 7) is 2.86. The van der Waals surface area contributed by atoms with Crippen LogP contribution in [-0.2, 0) is 21.4 Å². The van der Waals surface area contributed by atoms with E-state index >= 15 is 0 Å². The highest BCUT2D eigenvalue weighted by molar-refractivity contribution is 7.89. The fourth-order valence-corrected chi connectivity index (χ4v) is 3.53. The number of aliphatic hydroxyl groups is 1. The van der Waals surface area contributed by atoms with Gasteiger partial charge in [0.05, 0.1) is 6.10 Å². The van der Waals surface area contributed by atoms with E-state index in [9.17, 15) is 8.42 Å². The first kappa shape index (κ1) is 14.5. The molecule has 0 amide bonds. The van der Waals surface area contributed by atoms with Crippen molar-refractivity contribution in [3.8, 4) is 0 Å². The molecule has 1 aliphatic rings. The monoisotopic (exact) mass is 289 g/mol. The Morgan fingerprint density at radius 1 is 1.47 bits per heavy atom. The van der Waals surface area contributed by atoms with Gasteiger partial charge in [-0.1, -0.05) is 6.92 Å². The average Bonchev–Trinajstić information content (AvgIpc) is 3.06. The molecule has 1 aromatic rings. The van der Waals surface area contributed by atoms with Crippen molar-refractivity contribution in [3.05, 3.63) is 17.9 Å². The molecule has 0 saturated carbocycles.